The molecule has 4 rings (SSSR count). The van der Waals surface area contributed by atoms with Crippen LogP contribution >= 0.6 is 0 Å². The van der Waals surface area contributed by atoms with Crippen LogP contribution in [0.1, 0.15) is 69.9 Å². The highest BCUT2D eigenvalue weighted by Crippen LogP contribution is 2.35. The molecule has 0 saturated heterocycles. The molecule has 3 aromatic carbocycles. The summed E-state index contributed by atoms with van der Waals surface area (Å²) in [6.07, 6.45) is 10.8. The van der Waals surface area contributed by atoms with Crippen LogP contribution in [0.3, 0.4) is 0 Å². The van der Waals surface area contributed by atoms with Crippen molar-refractivity contribution in [2.75, 3.05) is 0 Å². The van der Waals surface area contributed by atoms with Crippen LogP contribution in [0.25, 0.3) is 22.3 Å². The van der Waals surface area contributed by atoms with Crippen LogP contribution in [-0.4, -0.2) is 0 Å². The Labute approximate surface area is 214 Å². The van der Waals surface area contributed by atoms with Crippen molar-refractivity contribution < 1.29 is 13.2 Å². The van der Waals surface area contributed by atoms with E-state index in [0.717, 1.165) is 63.4 Å². The van der Waals surface area contributed by atoms with Crippen LogP contribution in [0.4, 0.5) is 13.2 Å². The topological polar surface area (TPSA) is 0 Å². The van der Waals surface area contributed by atoms with Gasteiger partial charge in [0.2, 0.25) is 0 Å². The van der Waals surface area contributed by atoms with E-state index in [-0.39, 0.29) is 22.9 Å². The summed E-state index contributed by atoms with van der Waals surface area (Å²) >= 11 is 0. The summed E-state index contributed by atoms with van der Waals surface area (Å²) in [4.78, 5) is 0. The van der Waals surface area contributed by atoms with Gasteiger partial charge in [-0.3, -0.25) is 0 Å². The second-order valence-electron chi connectivity index (χ2n) is 10.2. The Morgan fingerprint density at radius 2 is 1.19 bits per heavy atom. The summed E-state index contributed by atoms with van der Waals surface area (Å²) in [6.45, 7) is 4.29. The number of benzene rings is 3. The van der Waals surface area contributed by atoms with Gasteiger partial charge in [-0.05, 0) is 72.8 Å². The summed E-state index contributed by atoms with van der Waals surface area (Å²) in [5.41, 5.74) is 4.12. The van der Waals surface area contributed by atoms with Gasteiger partial charge in [-0.1, -0.05) is 93.8 Å². The molecule has 0 heterocycles. The minimum atomic E-state index is -0.829. The van der Waals surface area contributed by atoms with Crippen molar-refractivity contribution in [3.8, 4) is 22.3 Å². The number of rotatable bonds is 10. The van der Waals surface area contributed by atoms with Gasteiger partial charge in [0.15, 0.2) is 11.6 Å². The van der Waals surface area contributed by atoms with Gasteiger partial charge in [0, 0.05) is 17.0 Å². The molecule has 0 nitrogen and oxygen atoms in total. The standard InChI is InChI=1S/C33H37F3/c1-3-5-7-25-13-19-28(31(34)22-25)18-12-24-10-16-27(17-11-24)30-21-20-29(32(35)33(30)36)26-14-8-23(6-4-2)9-15-26/h8-11,14-17,20-22,25,28H,3-7,12-13,18-19H2,1-2H3. The van der Waals surface area contributed by atoms with Crippen molar-refractivity contribution >= 4 is 0 Å². The van der Waals surface area contributed by atoms with E-state index in [1.807, 2.05) is 54.6 Å². The lowest BCUT2D eigenvalue weighted by Crippen LogP contribution is -2.13. The summed E-state index contributed by atoms with van der Waals surface area (Å²) in [5, 5.41) is 0. The van der Waals surface area contributed by atoms with Crippen LogP contribution in [-0.2, 0) is 12.8 Å². The quantitative estimate of drug-likeness (QED) is 0.265. The number of hydrogen-bond acceptors (Lipinski definition) is 0. The predicted molar refractivity (Wildman–Crippen MR) is 144 cm³/mol. The van der Waals surface area contributed by atoms with E-state index in [9.17, 15) is 4.39 Å². The third-order valence-electron chi connectivity index (χ3n) is 7.53. The van der Waals surface area contributed by atoms with Crippen molar-refractivity contribution in [1.29, 1.82) is 0 Å². The molecule has 0 fully saturated rings. The maximum atomic E-state index is 15.1. The van der Waals surface area contributed by atoms with Crippen LogP contribution in [0.15, 0.2) is 72.6 Å². The second-order valence-corrected chi connectivity index (χ2v) is 10.2. The highest BCUT2D eigenvalue weighted by molar-refractivity contribution is 5.72. The molecule has 0 radical (unpaired) electrons. The fourth-order valence-electron chi connectivity index (χ4n) is 5.30. The first-order chi connectivity index (χ1) is 17.5. The van der Waals surface area contributed by atoms with Gasteiger partial charge in [0.25, 0.3) is 0 Å². The third kappa shape index (κ3) is 6.30. The molecule has 3 aromatic rings. The zero-order valence-corrected chi connectivity index (χ0v) is 21.5. The molecule has 2 atom stereocenters. The van der Waals surface area contributed by atoms with E-state index in [2.05, 4.69) is 13.8 Å². The second kappa shape index (κ2) is 12.4. The average molecular weight is 491 g/mol. The highest BCUT2D eigenvalue weighted by Gasteiger charge is 2.23. The molecule has 0 bridgehead atoms. The van der Waals surface area contributed by atoms with E-state index in [4.69, 9.17) is 0 Å². The molecule has 0 aromatic heterocycles. The normalized spacial score (nSPS) is 17.8. The van der Waals surface area contributed by atoms with Crippen molar-refractivity contribution in [2.24, 2.45) is 11.8 Å². The molecule has 36 heavy (non-hydrogen) atoms. The molecule has 3 heteroatoms. The van der Waals surface area contributed by atoms with Gasteiger partial charge in [-0.2, -0.15) is 0 Å². The van der Waals surface area contributed by atoms with Crippen molar-refractivity contribution in [3.05, 3.63) is 95.3 Å². The van der Waals surface area contributed by atoms with E-state index >= 15 is 8.78 Å². The lowest BCUT2D eigenvalue weighted by atomic mass is 9.82. The van der Waals surface area contributed by atoms with Crippen molar-refractivity contribution in [2.45, 2.75) is 71.6 Å². The number of halogens is 3. The van der Waals surface area contributed by atoms with Gasteiger partial charge in [-0.25, -0.2) is 13.2 Å². The van der Waals surface area contributed by atoms with E-state index in [1.165, 1.54) is 5.56 Å². The Morgan fingerprint density at radius 3 is 1.69 bits per heavy atom. The zero-order valence-electron chi connectivity index (χ0n) is 21.5. The van der Waals surface area contributed by atoms with Gasteiger partial charge in [-0.15, -0.1) is 0 Å². The molecule has 0 saturated carbocycles. The van der Waals surface area contributed by atoms with Crippen LogP contribution in [0, 0.1) is 23.5 Å². The summed E-state index contributed by atoms with van der Waals surface area (Å²) < 4.78 is 44.6. The molecule has 0 spiro atoms. The van der Waals surface area contributed by atoms with Gasteiger partial charge in [0.1, 0.15) is 0 Å². The monoisotopic (exact) mass is 490 g/mol. The molecular formula is C33H37F3. The van der Waals surface area contributed by atoms with E-state index in [0.29, 0.717) is 17.0 Å². The number of allylic oxidation sites excluding steroid dienone is 2. The molecule has 1 aliphatic rings. The summed E-state index contributed by atoms with van der Waals surface area (Å²) in [7, 11) is 0. The fourth-order valence-corrected chi connectivity index (χ4v) is 5.30. The van der Waals surface area contributed by atoms with Crippen LogP contribution < -0.4 is 0 Å². The lowest BCUT2D eigenvalue weighted by Gasteiger charge is -2.24. The first-order valence-electron chi connectivity index (χ1n) is 13.5. The Balaban J connectivity index is 1.41. The molecule has 0 aliphatic heterocycles. The first kappa shape index (κ1) is 26.3. The van der Waals surface area contributed by atoms with Gasteiger partial charge < -0.3 is 0 Å². The van der Waals surface area contributed by atoms with Crippen LogP contribution in [0.5, 0.6) is 0 Å². The molecular weight excluding hydrogens is 453 g/mol. The average Bonchev–Trinajstić information content (AvgIpc) is 2.90. The first-order valence-corrected chi connectivity index (χ1v) is 13.5. The number of hydrogen-bond donors (Lipinski definition) is 0. The van der Waals surface area contributed by atoms with Gasteiger partial charge >= 0.3 is 0 Å². The Bertz CT molecular complexity index is 1160. The fraction of sp³-hybridized carbons (Fsp3) is 0.394. The van der Waals surface area contributed by atoms with E-state index in [1.54, 1.807) is 12.1 Å². The molecule has 2 unspecified atom stereocenters. The summed E-state index contributed by atoms with van der Waals surface area (Å²) in [5.74, 6) is -1.21. The lowest BCUT2D eigenvalue weighted by molar-refractivity contribution is 0.337. The van der Waals surface area contributed by atoms with Crippen molar-refractivity contribution in [1.82, 2.24) is 0 Å². The Hall–Kier alpha value is -2.81. The zero-order chi connectivity index (χ0) is 25.5. The smallest absolute Gasteiger partial charge is 0.167 e. The number of aryl methyl sites for hydroxylation is 2. The maximum absolute atomic E-state index is 15.1. The Morgan fingerprint density at radius 1 is 0.639 bits per heavy atom. The van der Waals surface area contributed by atoms with Crippen LogP contribution in [0.2, 0.25) is 0 Å². The largest absolute Gasteiger partial charge is 0.212 e. The minimum Gasteiger partial charge on any atom is -0.212 e. The van der Waals surface area contributed by atoms with E-state index < -0.39 is 11.6 Å². The van der Waals surface area contributed by atoms with Crippen molar-refractivity contribution in [3.63, 3.8) is 0 Å². The molecule has 0 amide bonds. The molecule has 0 N–H and O–H groups in total. The summed E-state index contributed by atoms with van der Waals surface area (Å²) in [6, 6.07) is 18.5. The molecule has 1 aliphatic carbocycles. The SMILES string of the molecule is CCCCC1C=C(F)C(CCc2ccc(-c3ccc(-c4ccc(CCC)cc4)c(F)c3F)cc2)CC1. The third-order valence-corrected chi connectivity index (χ3v) is 7.53. The van der Waals surface area contributed by atoms with Gasteiger partial charge in [0.05, 0.1) is 5.83 Å². The number of unbranched alkanes of at least 4 members (excludes halogenated alkanes) is 1. The molecule has 190 valence electrons. The minimum absolute atomic E-state index is 0.00215. The Kier molecular flexibility index (Phi) is 9.07. The predicted octanol–water partition coefficient (Wildman–Crippen LogP) is 10.3. The maximum Gasteiger partial charge on any atom is 0.167 e. The highest BCUT2D eigenvalue weighted by atomic mass is 19.2.